The van der Waals surface area contributed by atoms with E-state index in [9.17, 15) is 4.79 Å². The highest BCUT2D eigenvalue weighted by molar-refractivity contribution is 5.88. The third kappa shape index (κ3) is 2.20. The zero-order valence-electron chi connectivity index (χ0n) is 10.3. The topological polar surface area (TPSA) is 55.1 Å². The van der Waals surface area contributed by atoms with Gasteiger partial charge in [0.05, 0.1) is 5.41 Å². The van der Waals surface area contributed by atoms with E-state index in [1.54, 1.807) is 0 Å². The molecule has 2 rings (SSSR count). The van der Waals surface area contributed by atoms with Gasteiger partial charge >= 0.3 is 0 Å². The van der Waals surface area contributed by atoms with Gasteiger partial charge in [-0.1, -0.05) is 24.3 Å². The second-order valence-corrected chi connectivity index (χ2v) is 4.89. The summed E-state index contributed by atoms with van der Waals surface area (Å²) in [6.45, 7) is 3.08. The summed E-state index contributed by atoms with van der Waals surface area (Å²) in [7, 11) is 0. The van der Waals surface area contributed by atoms with Gasteiger partial charge in [-0.15, -0.1) is 0 Å². The van der Waals surface area contributed by atoms with Crippen molar-refractivity contribution in [2.24, 2.45) is 5.73 Å². The lowest BCUT2D eigenvalue weighted by Crippen LogP contribution is -2.45. The Labute approximate surface area is 102 Å². The van der Waals surface area contributed by atoms with Crippen LogP contribution in [0.2, 0.25) is 0 Å². The number of rotatable bonds is 3. The van der Waals surface area contributed by atoms with Crippen molar-refractivity contribution in [3.05, 3.63) is 35.4 Å². The number of fused-ring (bicyclic) bond motifs is 1. The molecule has 1 atom stereocenters. The van der Waals surface area contributed by atoms with Gasteiger partial charge in [-0.25, -0.2) is 0 Å². The van der Waals surface area contributed by atoms with E-state index in [2.05, 4.69) is 17.4 Å². The molecule has 1 aliphatic rings. The average molecular weight is 232 g/mol. The van der Waals surface area contributed by atoms with Crippen molar-refractivity contribution in [2.45, 2.75) is 31.6 Å². The van der Waals surface area contributed by atoms with Crippen LogP contribution in [0.4, 0.5) is 0 Å². The third-order valence-electron chi connectivity index (χ3n) is 3.67. The fraction of sp³-hybridized carbons (Fsp3) is 0.500. The second kappa shape index (κ2) is 4.88. The van der Waals surface area contributed by atoms with E-state index in [1.165, 1.54) is 11.1 Å². The highest BCUT2D eigenvalue weighted by Crippen LogP contribution is 2.37. The first-order valence-corrected chi connectivity index (χ1v) is 6.25. The zero-order chi connectivity index (χ0) is 12.3. The molecule has 0 fully saturated rings. The standard InChI is InChI=1S/C14H20N2O/c1-14(13(17)16-10-9-15)8-4-6-11-5-2-3-7-12(11)14/h2-3,5,7H,4,6,8-10,15H2,1H3,(H,16,17). The Morgan fingerprint density at radius 1 is 1.47 bits per heavy atom. The molecule has 1 amide bonds. The van der Waals surface area contributed by atoms with E-state index in [0.717, 1.165) is 19.3 Å². The van der Waals surface area contributed by atoms with Crippen LogP contribution in [0, 0.1) is 0 Å². The Hall–Kier alpha value is -1.35. The molecule has 0 saturated heterocycles. The SMILES string of the molecule is CC1(C(=O)NCCN)CCCc2ccccc21. The minimum Gasteiger partial charge on any atom is -0.354 e. The summed E-state index contributed by atoms with van der Waals surface area (Å²) in [5.74, 6) is 0.107. The fourth-order valence-electron chi connectivity index (χ4n) is 2.66. The van der Waals surface area contributed by atoms with Crippen LogP contribution >= 0.6 is 0 Å². The van der Waals surface area contributed by atoms with Gasteiger partial charge in [0.2, 0.25) is 5.91 Å². The molecule has 0 aromatic heterocycles. The van der Waals surface area contributed by atoms with Crippen molar-refractivity contribution < 1.29 is 4.79 Å². The number of amides is 1. The predicted octanol–water partition coefficient (Wildman–Crippen LogP) is 1.36. The van der Waals surface area contributed by atoms with Crippen molar-refractivity contribution >= 4 is 5.91 Å². The van der Waals surface area contributed by atoms with Gasteiger partial charge in [-0.05, 0) is 37.3 Å². The maximum atomic E-state index is 12.3. The maximum absolute atomic E-state index is 12.3. The van der Waals surface area contributed by atoms with Crippen LogP contribution in [0.15, 0.2) is 24.3 Å². The van der Waals surface area contributed by atoms with E-state index >= 15 is 0 Å². The molecule has 17 heavy (non-hydrogen) atoms. The number of hydrogen-bond acceptors (Lipinski definition) is 2. The summed E-state index contributed by atoms with van der Waals surface area (Å²) in [6, 6.07) is 8.26. The lowest BCUT2D eigenvalue weighted by atomic mass is 9.70. The van der Waals surface area contributed by atoms with E-state index in [1.807, 2.05) is 19.1 Å². The van der Waals surface area contributed by atoms with Crippen LogP contribution in [-0.2, 0) is 16.6 Å². The molecule has 0 heterocycles. The summed E-state index contributed by atoms with van der Waals surface area (Å²) in [5, 5.41) is 2.92. The van der Waals surface area contributed by atoms with E-state index in [-0.39, 0.29) is 11.3 Å². The normalized spacial score (nSPS) is 22.9. The number of benzene rings is 1. The Bertz CT molecular complexity index is 416. The molecule has 1 aromatic carbocycles. The van der Waals surface area contributed by atoms with Gasteiger partial charge < -0.3 is 11.1 Å². The summed E-state index contributed by atoms with van der Waals surface area (Å²) >= 11 is 0. The second-order valence-electron chi connectivity index (χ2n) is 4.89. The maximum Gasteiger partial charge on any atom is 0.230 e. The summed E-state index contributed by atoms with van der Waals surface area (Å²) in [4.78, 5) is 12.3. The van der Waals surface area contributed by atoms with Crippen LogP contribution in [0.5, 0.6) is 0 Å². The van der Waals surface area contributed by atoms with Crippen LogP contribution in [0.1, 0.15) is 30.9 Å². The molecule has 1 aromatic rings. The number of carbonyl (C=O) groups excluding carboxylic acids is 1. The van der Waals surface area contributed by atoms with Gasteiger partial charge in [-0.2, -0.15) is 0 Å². The molecule has 1 aliphatic carbocycles. The lowest BCUT2D eigenvalue weighted by Gasteiger charge is -2.34. The molecular formula is C14H20N2O. The zero-order valence-corrected chi connectivity index (χ0v) is 10.3. The van der Waals surface area contributed by atoms with Gasteiger partial charge in [-0.3, -0.25) is 4.79 Å². The minimum absolute atomic E-state index is 0.107. The van der Waals surface area contributed by atoms with Crippen LogP contribution in [0.25, 0.3) is 0 Å². The monoisotopic (exact) mass is 232 g/mol. The number of carbonyl (C=O) groups is 1. The minimum atomic E-state index is -0.385. The number of hydrogen-bond donors (Lipinski definition) is 2. The molecule has 92 valence electrons. The van der Waals surface area contributed by atoms with Crippen LogP contribution in [0.3, 0.4) is 0 Å². The predicted molar refractivity (Wildman–Crippen MR) is 68.8 cm³/mol. The Kier molecular flexibility index (Phi) is 3.48. The van der Waals surface area contributed by atoms with Crippen molar-refractivity contribution in [1.29, 1.82) is 0 Å². The smallest absolute Gasteiger partial charge is 0.230 e. The molecule has 0 saturated carbocycles. The lowest BCUT2D eigenvalue weighted by molar-refractivity contribution is -0.126. The van der Waals surface area contributed by atoms with Crippen molar-refractivity contribution in [2.75, 3.05) is 13.1 Å². The van der Waals surface area contributed by atoms with Gasteiger partial charge in [0.25, 0.3) is 0 Å². The average Bonchev–Trinajstić information content (AvgIpc) is 2.36. The molecule has 0 aliphatic heterocycles. The number of nitrogens with two attached hydrogens (primary N) is 1. The Morgan fingerprint density at radius 3 is 3.00 bits per heavy atom. The van der Waals surface area contributed by atoms with Crippen LogP contribution < -0.4 is 11.1 Å². The number of nitrogens with one attached hydrogen (secondary N) is 1. The van der Waals surface area contributed by atoms with Gasteiger partial charge in [0, 0.05) is 13.1 Å². The van der Waals surface area contributed by atoms with Crippen molar-refractivity contribution in [3.63, 3.8) is 0 Å². The first kappa shape index (κ1) is 12.1. The van der Waals surface area contributed by atoms with Crippen LogP contribution in [-0.4, -0.2) is 19.0 Å². The van der Waals surface area contributed by atoms with E-state index < -0.39 is 0 Å². The van der Waals surface area contributed by atoms with E-state index in [0.29, 0.717) is 13.1 Å². The van der Waals surface area contributed by atoms with Gasteiger partial charge in [0.15, 0.2) is 0 Å². The van der Waals surface area contributed by atoms with Gasteiger partial charge in [0.1, 0.15) is 0 Å². The molecule has 0 bridgehead atoms. The Morgan fingerprint density at radius 2 is 2.24 bits per heavy atom. The van der Waals surface area contributed by atoms with Crippen molar-refractivity contribution in [1.82, 2.24) is 5.32 Å². The quantitative estimate of drug-likeness (QED) is 0.826. The highest BCUT2D eigenvalue weighted by atomic mass is 16.2. The molecule has 1 unspecified atom stereocenters. The first-order chi connectivity index (χ1) is 8.18. The number of aryl methyl sites for hydroxylation is 1. The van der Waals surface area contributed by atoms with Crippen molar-refractivity contribution in [3.8, 4) is 0 Å². The molecule has 0 radical (unpaired) electrons. The Balaban J connectivity index is 2.29. The first-order valence-electron chi connectivity index (χ1n) is 6.25. The largest absolute Gasteiger partial charge is 0.354 e. The molecular weight excluding hydrogens is 212 g/mol. The highest BCUT2D eigenvalue weighted by Gasteiger charge is 2.38. The molecule has 3 heteroatoms. The molecule has 3 N–H and O–H groups in total. The third-order valence-corrected chi connectivity index (χ3v) is 3.67. The summed E-state index contributed by atoms with van der Waals surface area (Å²) < 4.78 is 0. The molecule has 3 nitrogen and oxygen atoms in total. The molecule has 0 spiro atoms. The fourth-order valence-corrected chi connectivity index (χ4v) is 2.66. The summed E-state index contributed by atoms with van der Waals surface area (Å²) in [6.07, 6.45) is 3.07. The van der Waals surface area contributed by atoms with E-state index in [4.69, 9.17) is 5.73 Å². The summed E-state index contributed by atoms with van der Waals surface area (Å²) in [5.41, 5.74) is 7.54.